The lowest BCUT2D eigenvalue weighted by molar-refractivity contribution is -0.137. The molecule has 2 aromatic rings. The van der Waals surface area contributed by atoms with Crippen LogP contribution in [0, 0.1) is 0 Å². The summed E-state index contributed by atoms with van der Waals surface area (Å²) < 4.78 is 63.7. The molecule has 2 rings (SSSR count). The van der Waals surface area contributed by atoms with Crippen LogP contribution in [-0.4, -0.2) is 18.6 Å². The standard InChI is InChI=1S/C9H5ClF3N3O2S2/c10-6-2-1-5(9(11,12)13)3-7(6)20(17,18)16-8-15-14-4-19-8/h1-4H,(H,15,16). The summed E-state index contributed by atoms with van der Waals surface area (Å²) in [5.41, 5.74) is 0.158. The van der Waals surface area contributed by atoms with Gasteiger partial charge in [0, 0.05) is 0 Å². The molecule has 0 fully saturated rings. The van der Waals surface area contributed by atoms with E-state index in [1.807, 2.05) is 4.72 Å². The molecule has 5 nitrogen and oxygen atoms in total. The van der Waals surface area contributed by atoms with Gasteiger partial charge in [-0.25, -0.2) is 8.42 Å². The molecule has 1 aromatic heterocycles. The van der Waals surface area contributed by atoms with Crippen LogP contribution in [0.15, 0.2) is 28.6 Å². The Morgan fingerprint density at radius 2 is 2.00 bits per heavy atom. The van der Waals surface area contributed by atoms with Gasteiger partial charge in [0.2, 0.25) is 5.13 Å². The molecule has 0 radical (unpaired) electrons. The molecule has 0 atom stereocenters. The van der Waals surface area contributed by atoms with Gasteiger partial charge in [0.1, 0.15) is 10.4 Å². The summed E-state index contributed by atoms with van der Waals surface area (Å²) in [5, 5.41) is 6.45. The first-order valence-corrected chi connectivity index (χ1v) is 7.60. The predicted molar refractivity (Wildman–Crippen MR) is 67.2 cm³/mol. The van der Waals surface area contributed by atoms with E-state index >= 15 is 0 Å². The van der Waals surface area contributed by atoms with Crippen LogP contribution in [0.5, 0.6) is 0 Å². The highest BCUT2D eigenvalue weighted by Gasteiger charge is 2.32. The van der Waals surface area contributed by atoms with Crippen molar-refractivity contribution in [1.82, 2.24) is 10.2 Å². The number of benzene rings is 1. The lowest BCUT2D eigenvalue weighted by atomic mass is 10.2. The first-order chi connectivity index (χ1) is 9.20. The maximum atomic E-state index is 12.6. The third-order valence-electron chi connectivity index (χ3n) is 2.13. The van der Waals surface area contributed by atoms with Crippen molar-refractivity contribution in [3.63, 3.8) is 0 Å². The van der Waals surface area contributed by atoms with Crippen molar-refractivity contribution >= 4 is 38.1 Å². The van der Waals surface area contributed by atoms with Crippen molar-refractivity contribution in [1.29, 1.82) is 0 Å². The van der Waals surface area contributed by atoms with Crippen LogP contribution in [-0.2, 0) is 16.2 Å². The highest BCUT2D eigenvalue weighted by atomic mass is 35.5. The van der Waals surface area contributed by atoms with Crippen molar-refractivity contribution < 1.29 is 21.6 Å². The zero-order valence-electron chi connectivity index (χ0n) is 9.35. The number of rotatable bonds is 3. The largest absolute Gasteiger partial charge is 0.416 e. The highest BCUT2D eigenvalue weighted by Crippen LogP contribution is 2.33. The zero-order chi connectivity index (χ0) is 15.0. The van der Waals surface area contributed by atoms with Crippen molar-refractivity contribution in [2.75, 3.05) is 4.72 Å². The van der Waals surface area contributed by atoms with Gasteiger partial charge in [-0.2, -0.15) is 13.2 Å². The van der Waals surface area contributed by atoms with E-state index < -0.39 is 26.7 Å². The lowest BCUT2D eigenvalue weighted by Gasteiger charge is -2.11. The molecule has 0 aliphatic heterocycles. The number of aromatic nitrogens is 2. The Hall–Kier alpha value is -1.39. The van der Waals surface area contributed by atoms with Crippen LogP contribution in [0.25, 0.3) is 0 Å². The van der Waals surface area contributed by atoms with Crippen molar-refractivity contribution in [3.05, 3.63) is 34.3 Å². The van der Waals surface area contributed by atoms with E-state index in [0.29, 0.717) is 12.1 Å². The Bertz CT molecular complexity index is 717. The lowest BCUT2D eigenvalue weighted by Crippen LogP contribution is -2.15. The number of anilines is 1. The fourth-order valence-electron chi connectivity index (χ4n) is 1.27. The van der Waals surface area contributed by atoms with Gasteiger partial charge in [0.25, 0.3) is 10.0 Å². The van der Waals surface area contributed by atoms with Gasteiger partial charge in [0.05, 0.1) is 10.6 Å². The molecule has 108 valence electrons. The van der Waals surface area contributed by atoms with E-state index in [2.05, 4.69) is 10.2 Å². The Morgan fingerprint density at radius 1 is 1.30 bits per heavy atom. The molecule has 0 aliphatic carbocycles. The fourth-order valence-corrected chi connectivity index (χ4v) is 3.49. The monoisotopic (exact) mass is 343 g/mol. The summed E-state index contributed by atoms with van der Waals surface area (Å²) in [6.07, 6.45) is -4.67. The first kappa shape index (κ1) is 15.0. The second kappa shape index (κ2) is 5.19. The quantitative estimate of drug-likeness (QED) is 0.929. The summed E-state index contributed by atoms with van der Waals surface area (Å²) in [7, 11) is -4.27. The third kappa shape index (κ3) is 3.19. The zero-order valence-corrected chi connectivity index (χ0v) is 11.7. The van der Waals surface area contributed by atoms with E-state index in [1.165, 1.54) is 5.51 Å². The molecule has 0 saturated carbocycles. The average Bonchev–Trinajstić information content (AvgIpc) is 2.79. The number of sulfonamides is 1. The summed E-state index contributed by atoms with van der Waals surface area (Å²) in [5.74, 6) is 0. The number of nitrogens with zero attached hydrogens (tertiary/aromatic N) is 2. The molecule has 0 spiro atoms. The topological polar surface area (TPSA) is 72.0 Å². The summed E-state index contributed by atoms with van der Waals surface area (Å²) >= 11 is 6.53. The van der Waals surface area contributed by atoms with Gasteiger partial charge < -0.3 is 0 Å². The molecule has 1 aromatic carbocycles. The highest BCUT2D eigenvalue weighted by molar-refractivity contribution is 7.93. The van der Waals surface area contributed by atoms with Gasteiger partial charge >= 0.3 is 6.18 Å². The SMILES string of the molecule is O=S(=O)(Nc1nncs1)c1cc(C(F)(F)F)ccc1Cl. The van der Waals surface area contributed by atoms with E-state index in [4.69, 9.17) is 11.6 Å². The molecule has 11 heteroatoms. The average molecular weight is 344 g/mol. The first-order valence-electron chi connectivity index (χ1n) is 4.86. The van der Waals surface area contributed by atoms with E-state index in [9.17, 15) is 21.6 Å². The number of alkyl halides is 3. The molecule has 1 N–H and O–H groups in total. The van der Waals surface area contributed by atoms with Crippen LogP contribution in [0.2, 0.25) is 5.02 Å². The van der Waals surface area contributed by atoms with Crippen LogP contribution >= 0.6 is 22.9 Å². The molecule has 0 unspecified atom stereocenters. The van der Waals surface area contributed by atoms with Crippen molar-refractivity contribution in [2.24, 2.45) is 0 Å². The molecule has 1 heterocycles. The van der Waals surface area contributed by atoms with Gasteiger partial charge in [-0.1, -0.05) is 22.9 Å². The summed E-state index contributed by atoms with van der Waals surface area (Å²) in [6, 6.07) is 2.04. The summed E-state index contributed by atoms with van der Waals surface area (Å²) in [6.45, 7) is 0. The fraction of sp³-hybridized carbons (Fsp3) is 0.111. The minimum absolute atomic E-state index is 0.0709. The molecule has 0 amide bonds. The molecular formula is C9H5ClF3N3O2S2. The normalized spacial score (nSPS) is 12.4. The maximum Gasteiger partial charge on any atom is 0.416 e. The van der Waals surface area contributed by atoms with E-state index in [0.717, 1.165) is 17.4 Å². The second-order valence-electron chi connectivity index (χ2n) is 3.49. The smallest absolute Gasteiger partial charge is 0.253 e. The Labute approximate surface area is 120 Å². The number of nitrogens with one attached hydrogen (secondary N) is 1. The maximum absolute atomic E-state index is 12.6. The van der Waals surface area contributed by atoms with Crippen LogP contribution in [0.1, 0.15) is 5.56 Å². The molecule has 0 bridgehead atoms. The molecule has 20 heavy (non-hydrogen) atoms. The number of halogens is 4. The van der Waals surface area contributed by atoms with E-state index in [-0.39, 0.29) is 10.2 Å². The number of hydrogen-bond acceptors (Lipinski definition) is 5. The summed E-state index contributed by atoms with van der Waals surface area (Å²) in [4.78, 5) is -0.677. The minimum Gasteiger partial charge on any atom is -0.253 e. The number of hydrogen-bond donors (Lipinski definition) is 1. The van der Waals surface area contributed by atoms with Gasteiger partial charge in [-0.05, 0) is 18.2 Å². The van der Waals surface area contributed by atoms with Crippen molar-refractivity contribution in [2.45, 2.75) is 11.1 Å². The molecular weight excluding hydrogens is 339 g/mol. The van der Waals surface area contributed by atoms with Crippen molar-refractivity contribution in [3.8, 4) is 0 Å². The second-order valence-corrected chi connectivity index (χ2v) is 6.38. The Kier molecular flexibility index (Phi) is 3.89. The minimum atomic E-state index is -4.67. The third-order valence-corrected chi connectivity index (χ3v) is 4.69. The Balaban J connectivity index is 2.46. The van der Waals surface area contributed by atoms with Gasteiger partial charge in [-0.15, -0.1) is 10.2 Å². The Morgan fingerprint density at radius 3 is 2.55 bits per heavy atom. The van der Waals surface area contributed by atoms with Crippen LogP contribution in [0.3, 0.4) is 0 Å². The van der Waals surface area contributed by atoms with Gasteiger partial charge in [-0.3, -0.25) is 4.72 Å². The molecule has 0 aliphatic rings. The molecule has 0 saturated heterocycles. The van der Waals surface area contributed by atoms with Gasteiger partial charge in [0.15, 0.2) is 0 Å². The van der Waals surface area contributed by atoms with Crippen LogP contribution in [0.4, 0.5) is 18.3 Å². The predicted octanol–water partition coefficient (Wildman–Crippen LogP) is 3.01. The van der Waals surface area contributed by atoms with E-state index in [1.54, 1.807) is 0 Å². The van der Waals surface area contributed by atoms with Crippen LogP contribution < -0.4 is 4.72 Å².